The maximum atomic E-state index is 5.70. The summed E-state index contributed by atoms with van der Waals surface area (Å²) in [7, 11) is 1.75. The first-order valence-electron chi connectivity index (χ1n) is 6.16. The van der Waals surface area contributed by atoms with E-state index < -0.39 is 0 Å². The first kappa shape index (κ1) is 14.9. The highest BCUT2D eigenvalue weighted by molar-refractivity contribution is 4.78. The van der Waals surface area contributed by atoms with Crippen LogP contribution in [0.4, 0.5) is 0 Å². The van der Waals surface area contributed by atoms with Gasteiger partial charge >= 0.3 is 0 Å². The first-order valence-corrected chi connectivity index (χ1v) is 6.16. The second-order valence-electron chi connectivity index (χ2n) is 3.56. The van der Waals surface area contributed by atoms with Crippen LogP contribution >= 0.6 is 0 Å². The predicted octanol–water partition coefficient (Wildman–Crippen LogP) is 2.16. The lowest BCUT2D eigenvalue weighted by atomic mass is 10.1. The molecule has 2 unspecified atom stereocenters. The van der Waals surface area contributed by atoms with Crippen LogP contribution in [-0.4, -0.2) is 50.5 Å². The lowest BCUT2D eigenvalue weighted by molar-refractivity contribution is -0.0797. The van der Waals surface area contributed by atoms with Crippen LogP contribution < -0.4 is 0 Å². The summed E-state index contributed by atoms with van der Waals surface area (Å²) in [6.07, 6.45) is 1.53. The van der Waals surface area contributed by atoms with E-state index in [0.29, 0.717) is 12.1 Å². The minimum atomic E-state index is 0.424. The molecule has 3 heteroatoms. The number of methoxy groups -OCH3 is 1. The van der Waals surface area contributed by atoms with E-state index in [1.165, 1.54) is 0 Å². The Bertz CT molecular complexity index is 142. The van der Waals surface area contributed by atoms with Crippen LogP contribution in [0.25, 0.3) is 0 Å². The third kappa shape index (κ3) is 4.96. The quantitative estimate of drug-likeness (QED) is 0.720. The van der Waals surface area contributed by atoms with E-state index in [-0.39, 0.29) is 0 Å². The standard InChI is InChI=1S/C10H21NO2.C2H6/c1-4-10-6-11(5-2)9(7-12-3)8-13-10;1-2/h9-10H,4-8H2,1-3H3;1-2H3. The van der Waals surface area contributed by atoms with Crippen molar-refractivity contribution in [3.8, 4) is 0 Å². The number of ether oxygens (including phenoxy) is 2. The van der Waals surface area contributed by atoms with Crippen molar-refractivity contribution in [1.82, 2.24) is 4.90 Å². The Hall–Kier alpha value is -0.120. The molecule has 0 aliphatic carbocycles. The van der Waals surface area contributed by atoms with Crippen LogP contribution in [0.2, 0.25) is 0 Å². The minimum Gasteiger partial charge on any atom is -0.383 e. The lowest BCUT2D eigenvalue weighted by Gasteiger charge is -2.38. The summed E-state index contributed by atoms with van der Waals surface area (Å²) in [4.78, 5) is 2.45. The van der Waals surface area contributed by atoms with Crippen molar-refractivity contribution in [1.29, 1.82) is 0 Å². The summed E-state index contributed by atoms with van der Waals surface area (Å²) < 4.78 is 10.9. The molecule has 0 N–H and O–H groups in total. The smallest absolute Gasteiger partial charge is 0.0700 e. The van der Waals surface area contributed by atoms with Gasteiger partial charge in [-0.05, 0) is 13.0 Å². The number of hydrogen-bond acceptors (Lipinski definition) is 3. The summed E-state index contributed by atoms with van der Waals surface area (Å²) >= 11 is 0. The number of nitrogens with zero attached hydrogens (tertiary/aromatic N) is 1. The number of rotatable bonds is 4. The Kier molecular flexibility index (Phi) is 9.06. The fourth-order valence-electron chi connectivity index (χ4n) is 1.80. The Labute approximate surface area is 94.7 Å². The molecule has 1 heterocycles. The second-order valence-corrected chi connectivity index (χ2v) is 3.56. The van der Waals surface area contributed by atoms with Gasteiger partial charge in [-0.15, -0.1) is 0 Å². The van der Waals surface area contributed by atoms with Gasteiger partial charge in [-0.2, -0.15) is 0 Å². The van der Waals surface area contributed by atoms with Gasteiger partial charge in [0, 0.05) is 13.7 Å². The minimum absolute atomic E-state index is 0.424. The summed E-state index contributed by atoms with van der Waals surface area (Å²) in [5.41, 5.74) is 0. The van der Waals surface area contributed by atoms with Crippen LogP contribution in [-0.2, 0) is 9.47 Å². The van der Waals surface area contributed by atoms with Gasteiger partial charge in [0.25, 0.3) is 0 Å². The van der Waals surface area contributed by atoms with E-state index >= 15 is 0 Å². The molecule has 0 amide bonds. The van der Waals surface area contributed by atoms with Crippen molar-refractivity contribution in [2.24, 2.45) is 0 Å². The lowest BCUT2D eigenvalue weighted by Crippen LogP contribution is -2.51. The van der Waals surface area contributed by atoms with Gasteiger partial charge in [0.2, 0.25) is 0 Å². The summed E-state index contributed by atoms with van der Waals surface area (Å²) in [5, 5.41) is 0. The topological polar surface area (TPSA) is 21.7 Å². The van der Waals surface area contributed by atoms with Crippen LogP contribution in [0, 0.1) is 0 Å². The van der Waals surface area contributed by atoms with Crippen LogP contribution in [0.3, 0.4) is 0 Å². The van der Waals surface area contributed by atoms with Crippen molar-refractivity contribution >= 4 is 0 Å². The molecule has 1 rings (SSSR count). The number of morpholine rings is 1. The second kappa shape index (κ2) is 9.13. The van der Waals surface area contributed by atoms with Crippen LogP contribution in [0.5, 0.6) is 0 Å². The molecule has 0 aromatic carbocycles. The summed E-state index contributed by atoms with van der Waals surface area (Å²) in [6.45, 7) is 12.1. The Morgan fingerprint density at radius 3 is 2.47 bits per heavy atom. The fourth-order valence-corrected chi connectivity index (χ4v) is 1.80. The molecule has 3 nitrogen and oxygen atoms in total. The highest BCUT2D eigenvalue weighted by atomic mass is 16.5. The molecule has 0 saturated carbocycles. The van der Waals surface area contributed by atoms with Gasteiger partial charge in [0.1, 0.15) is 0 Å². The normalized spacial score (nSPS) is 27.0. The van der Waals surface area contributed by atoms with Gasteiger partial charge in [0.15, 0.2) is 0 Å². The zero-order valence-electron chi connectivity index (χ0n) is 11.0. The largest absolute Gasteiger partial charge is 0.383 e. The van der Waals surface area contributed by atoms with Crippen molar-refractivity contribution in [3.05, 3.63) is 0 Å². The molecule has 0 aromatic heterocycles. The maximum absolute atomic E-state index is 5.70. The molecule has 1 aliphatic heterocycles. The average molecular weight is 217 g/mol. The van der Waals surface area contributed by atoms with Gasteiger partial charge in [-0.25, -0.2) is 0 Å². The van der Waals surface area contributed by atoms with Gasteiger partial charge in [0.05, 0.1) is 25.4 Å². The van der Waals surface area contributed by atoms with Crippen molar-refractivity contribution in [3.63, 3.8) is 0 Å². The fraction of sp³-hybridized carbons (Fsp3) is 1.00. The highest BCUT2D eigenvalue weighted by Crippen LogP contribution is 2.13. The average Bonchev–Trinajstić information content (AvgIpc) is 2.32. The molecule has 1 fully saturated rings. The van der Waals surface area contributed by atoms with Crippen LogP contribution in [0.1, 0.15) is 34.1 Å². The predicted molar refractivity (Wildman–Crippen MR) is 64.3 cm³/mol. The molecule has 2 atom stereocenters. The summed E-state index contributed by atoms with van der Waals surface area (Å²) in [6, 6.07) is 0.456. The van der Waals surface area contributed by atoms with Crippen molar-refractivity contribution < 1.29 is 9.47 Å². The van der Waals surface area contributed by atoms with Crippen molar-refractivity contribution in [2.75, 3.05) is 33.4 Å². The number of hydrogen-bond donors (Lipinski definition) is 0. The molecule has 0 bridgehead atoms. The monoisotopic (exact) mass is 217 g/mol. The van der Waals surface area contributed by atoms with Gasteiger partial charge in [-0.1, -0.05) is 27.7 Å². The third-order valence-corrected chi connectivity index (χ3v) is 2.70. The van der Waals surface area contributed by atoms with E-state index in [1.54, 1.807) is 7.11 Å². The van der Waals surface area contributed by atoms with E-state index in [1.807, 2.05) is 13.8 Å². The third-order valence-electron chi connectivity index (χ3n) is 2.70. The molecule has 0 spiro atoms. The molecule has 0 radical (unpaired) electrons. The highest BCUT2D eigenvalue weighted by Gasteiger charge is 2.26. The van der Waals surface area contributed by atoms with E-state index in [2.05, 4.69) is 18.7 Å². The van der Waals surface area contributed by atoms with E-state index in [0.717, 1.165) is 32.7 Å². The Morgan fingerprint density at radius 2 is 2.00 bits per heavy atom. The maximum Gasteiger partial charge on any atom is 0.0700 e. The zero-order chi connectivity index (χ0) is 11.7. The zero-order valence-corrected chi connectivity index (χ0v) is 11.0. The Balaban J connectivity index is 0.000000921. The molecule has 1 saturated heterocycles. The van der Waals surface area contributed by atoms with Crippen molar-refractivity contribution in [2.45, 2.75) is 46.3 Å². The molecule has 0 aromatic rings. The molecule has 1 aliphatic rings. The van der Waals surface area contributed by atoms with E-state index in [4.69, 9.17) is 9.47 Å². The van der Waals surface area contributed by atoms with Gasteiger partial charge < -0.3 is 9.47 Å². The summed E-state index contributed by atoms with van der Waals surface area (Å²) in [5.74, 6) is 0. The molecule has 92 valence electrons. The molecular formula is C12H27NO2. The van der Waals surface area contributed by atoms with Crippen LogP contribution in [0.15, 0.2) is 0 Å². The van der Waals surface area contributed by atoms with Gasteiger partial charge in [-0.3, -0.25) is 4.90 Å². The Morgan fingerprint density at radius 1 is 1.33 bits per heavy atom. The SMILES string of the molecule is CC.CCC1CN(CC)C(COC)CO1. The first-order chi connectivity index (χ1) is 7.31. The molecule has 15 heavy (non-hydrogen) atoms. The van der Waals surface area contributed by atoms with E-state index in [9.17, 15) is 0 Å². The number of likely N-dealkylation sites (N-methyl/N-ethyl adjacent to an activating group) is 1. The molecular weight excluding hydrogens is 190 g/mol.